The monoisotopic (exact) mass is 222 g/mol. The van der Waals surface area contributed by atoms with Gasteiger partial charge in [0.2, 0.25) is 0 Å². The van der Waals surface area contributed by atoms with Crippen molar-refractivity contribution in [2.45, 2.75) is 12.5 Å². The van der Waals surface area contributed by atoms with Gasteiger partial charge in [0, 0.05) is 6.08 Å². The van der Waals surface area contributed by atoms with Crippen molar-refractivity contribution in [3.63, 3.8) is 0 Å². The topological polar surface area (TPSA) is 35.5 Å². The second kappa shape index (κ2) is 4.35. The number of rotatable bonds is 2. The Kier molecular flexibility index (Phi) is 2.90. The molecule has 0 bridgehead atoms. The summed E-state index contributed by atoms with van der Waals surface area (Å²) in [5.74, 6) is -0.292. The van der Waals surface area contributed by atoms with Crippen molar-refractivity contribution in [1.82, 2.24) is 0 Å². The summed E-state index contributed by atoms with van der Waals surface area (Å²) in [6.45, 7) is 0. The van der Waals surface area contributed by atoms with Crippen LogP contribution in [0.4, 0.5) is 4.39 Å². The maximum absolute atomic E-state index is 13.4. The van der Waals surface area contributed by atoms with Crippen molar-refractivity contribution >= 4 is 5.78 Å². The van der Waals surface area contributed by atoms with Crippen LogP contribution in [0.3, 0.4) is 0 Å². The highest BCUT2D eigenvalue weighted by molar-refractivity contribution is 5.90. The van der Waals surface area contributed by atoms with Gasteiger partial charge in [-0.25, -0.2) is 4.39 Å². The summed E-state index contributed by atoms with van der Waals surface area (Å²) >= 11 is 0. The Bertz CT molecular complexity index is 440. The molecule has 4 heteroatoms. The third-order valence-electron chi connectivity index (χ3n) is 2.43. The normalized spacial score (nSPS) is 19.4. The molecule has 84 valence electrons. The molecule has 0 aromatic heterocycles. The molecule has 0 aliphatic carbocycles. The van der Waals surface area contributed by atoms with Crippen LogP contribution >= 0.6 is 0 Å². The lowest BCUT2D eigenvalue weighted by molar-refractivity contribution is -0.118. The Morgan fingerprint density at radius 3 is 2.94 bits per heavy atom. The highest BCUT2D eigenvalue weighted by Crippen LogP contribution is 2.28. The molecule has 1 aromatic rings. The third-order valence-corrected chi connectivity index (χ3v) is 2.43. The van der Waals surface area contributed by atoms with Crippen LogP contribution in [0.15, 0.2) is 30.5 Å². The lowest BCUT2D eigenvalue weighted by Gasteiger charge is -2.19. The Balaban J connectivity index is 2.24. The first-order chi connectivity index (χ1) is 7.70. The number of methoxy groups -OCH3 is 1. The van der Waals surface area contributed by atoms with E-state index in [2.05, 4.69) is 0 Å². The maximum Gasteiger partial charge on any atom is 0.165 e. The van der Waals surface area contributed by atoms with Crippen molar-refractivity contribution < 1.29 is 18.7 Å². The molecule has 0 N–H and O–H groups in total. The number of hydrogen-bond acceptors (Lipinski definition) is 3. The second-order valence-electron chi connectivity index (χ2n) is 3.49. The predicted octanol–water partition coefficient (Wildman–Crippen LogP) is 2.38. The van der Waals surface area contributed by atoms with E-state index in [9.17, 15) is 9.18 Å². The predicted molar refractivity (Wildman–Crippen MR) is 55.5 cm³/mol. The summed E-state index contributed by atoms with van der Waals surface area (Å²) in [7, 11) is 1.40. The molecule has 0 amide bonds. The van der Waals surface area contributed by atoms with Gasteiger partial charge >= 0.3 is 0 Å². The molecular formula is C12H11FO3. The van der Waals surface area contributed by atoms with Crippen molar-refractivity contribution in [3.05, 3.63) is 41.9 Å². The minimum atomic E-state index is -0.453. The van der Waals surface area contributed by atoms with Crippen LogP contribution < -0.4 is 4.74 Å². The zero-order chi connectivity index (χ0) is 11.5. The van der Waals surface area contributed by atoms with Gasteiger partial charge in [-0.2, -0.15) is 0 Å². The van der Waals surface area contributed by atoms with E-state index in [1.807, 2.05) is 0 Å². The van der Waals surface area contributed by atoms with E-state index in [0.717, 1.165) is 0 Å². The fourth-order valence-electron chi connectivity index (χ4n) is 1.59. The van der Waals surface area contributed by atoms with E-state index in [-0.39, 0.29) is 18.0 Å². The number of allylic oxidation sites excluding steroid dienone is 1. The van der Waals surface area contributed by atoms with Crippen LogP contribution in [0.5, 0.6) is 5.75 Å². The van der Waals surface area contributed by atoms with Crippen LogP contribution in [-0.2, 0) is 9.53 Å². The third kappa shape index (κ3) is 2.05. The van der Waals surface area contributed by atoms with Crippen molar-refractivity contribution in [1.29, 1.82) is 0 Å². The maximum atomic E-state index is 13.4. The second-order valence-corrected chi connectivity index (χ2v) is 3.49. The first kappa shape index (κ1) is 10.7. The number of halogens is 1. The number of hydrogen-bond donors (Lipinski definition) is 0. The first-order valence-corrected chi connectivity index (χ1v) is 4.89. The first-order valence-electron chi connectivity index (χ1n) is 4.89. The molecule has 1 unspecified atom stereocenters. The van der Waals surface area contributed by atoms with Crippen LogP contribution in [0, 0.1) is 5.82 Å². The molecule has 0 fully saturated rings. The van der Waals surface area contributed by atoms with Crippen LogP contribution in [0.2, 0.25) is 0 Å². The molecule has 0 saturated carbocycles. The lowest BCUT2D eigenvalue weighted by atomic mass is 10.0. The minimum Gasteiger partial charge on any atom is -0.494 e. The number of ketones is 1. The average Bonchev–Trinajstić information content (AvgIpc) is 2.29. The molecule has 2 rings (SSSR count). The summed E-state index contributed by atoms with van der Waals surface area (Å²) < 4.78 is 23.5. The standard InChI is InChI=1S/C12H11FO3/c1-15-11-3-2-8(6-10(11)13)12-7-9(14)4-5-16-12/h2-6,12H,7H2,1H3. The zero-order valence-corrected chi connectivity index (χ0v) is 8.77. The van der Waals surface area contributed by atoms with E-state index >= 15 is 0 Å². The quantitative estimate of drug-likeness (QED) is 0.770. The molecule has 1 heterocycles. The molecule has 1 aliphatic rings. The lowest BCUT2D eigenvalue weighted by Crippen LogP contribution is -2.11. The van der Waals surface area contributed by atoms with Gasteiger partial charge in [0.1, 0.15) is 6.10 Å². The molecule has 3 nitrogen and oxygen atoms in total. The number of ether oxygens (including phenoxy) is 2. The largest absolute Gasteiger partial charge is 0.494 e. The summed E-state index contributed by atoms with van der Waals surface area (Å²) in [6.07, 6.45) is 2.55. The molecular weight excluding hydrogens is 211 g/mol. The molecule has 1 aromatic carbocycles. The Hall–Kier alpha value is -1.84. The average molecular weight is 222 g/mol. The van der Waals surface area contributed by atoms with Gasteiger partial charge in [-0.3, -0.25) is 4.79 Å². The molecule has 0 spiro atoms. The van der Waals surface area contributed by atoms with Crippen LogP contribution in [0.1, 0.15) is 18.1 Å². The Morgan fingerprint density at radius 2 is 2.31 bits per heavy atom. The van der Waals surface area contributed by atoms with E-state index in [1.165, 1.54) is 31.6 Å². The van der Waals surface area contributed by atoms with Crippen LogP contribution in [0.25, 0.3) is 0 Å². The minimum absolute atomic E-state index is 0.0209. The van der Waals surface area contributed by atoms with Gasteiger partial charge in [0.05, 0.1) is 19.8 Å². The van der Waals surface area contributed by atoms with Gasteiger partial charge < -0.3 is 9.47 Å². The number of benzene rings is 1. The van der Waals surface area contributed by atoms with Gasteiger partial charge in [-0.05, 0) is 17.7 Å². The molecule has 16 heavy (non-hydrogen) atoms. The Morgan fingerprint density at radius 1 is 1.50 bits per heavy atom. The Labute approximate surface area is 92.5 Å². The zero-order valence-electron chi connectivity index (χ0n) is 8.77. The van der Waals surface area contributed by atoms with Crippen molar-refractivity contribution in [3.8, 4) is 5.75 Å². The molecule has 1 aliphatic heterocycles. The summed E-state index contributed by atoms with van der Waals surface area (Å²) in [4.78, 5) is 11.2. The summed E-state index contributed by atoms with van der Waals surface area (Å²) in [6, 6.07) is 4.55. The smallest absolute Gasteiger partial charge is 0.165 e. The highest BCUT2D eigenvalue weighted by atomic mass is 19.1. The number of carbonyl (C=O) groups excluding carboxylic acids is 1. The van der Waals surface area contributed by atoms with Gasteiger partial charge in [0.25, 0.3) is 0 Å². The van der Waals surface area contributed by atoms with Crippen molar-refractivity contribution in [2.24, 2.45) is 0 Å². The molecule has 0 radical (unpaired) electrons. The van der Waals surface area contributed by atoms with Gasteiger partial charge in [-0.15, -0.1) is 0 Å². The fourth-order valence-corrected chi connectivity index (χ4v) is 1.59. The van der Waals surface area contributed by atoms with Gasteiger partial charge in [0.15, 0.2) is 17.3 Å². The molecule has 0 saturated heterocycles. The number of carbonyl (C=O) groups is 1. The summed E-state index contributed by atoms with van der Waals surface area (Å²) in [5, 5.41) is 0. The SMILES string of the molecule is COc1ccc(C2CC(=O)C=CO2)cc1F. The molecule has 1 atom stereocenters. The summed E-state index contributed by atoms with van der Waals surface area (Å²) in [5.41, 5.74) is 0.635. The fraction of sp³-hybridized carbons (Fsp3) is 0.250. The van der Waals surface area contributed by atoms with E-state index in [1.54, 1.807) is 6.07 Å². The van der Waals surface area contributed by atoms with E-state index in [4.69, 9.17) is 9.47 Å². The highest BCUT2D eigenvalue weighted by Gasteiger charge is 2.19. The van der Waals surface area contributed by atoms with Crippen molar-refractivity contribution in [2.75, 3.05) is 7.11 Å². The van der Waals surface area contributed by atoms with Gasteiger partial charge in [-0.1, -0.05) is 6.07 Å². The van der Waals surface area contributed by atoms with Crippen LogP contribution in [-0.4, -0.2) is 12.9 Å². The van der Waals surface area contributed by atoms with E-state index in [0.29, 0.717) is 5.56 Å². The van der Waals surface area contributed by atoms with E-state index < -0.39 is 11.9 Å².